The van der Waals surface area contributed by atoms with E-state index in [4.69, 9.17) is 4.74 Å². The van der Waals surface area contributed by atoms with Crippen LogP contribution >= 0.6 is 0 Å². The van der Waals surface area contributed by atoms with E-state index >= 15 is 0 Å². The van der Waals surface area contributed by atoms with E-state index in [0.29, 0.717) is 11.5 Å². The normalized spacial score (nSPS) is 30.5. The number of nitrogens with one attached hydrogen (secondary N) is 1. The molecule has 0 bridgehead atoms. The summed E-state index contributed by atoms with van der Waals surface area (Å²) in [5, 5.41) is 3.64. The second-order valence-corrected chi connectivity index (χ2v) is 6.88. The van der Waals surface area contributed by atoms with Crippen LogP contribution in [0.15, 0.2) is 0 Å². The van der Waals surface area contributed by atoms with Crippen molar-refractivity contribution in [1.82, 2.24) is 10.2 Å². The summed E-state index contributed by atoms with van der Waals surface area (Å²) in [5.41, 5.74) is 0.365. The van der Waals surface area contributed by atoms with Crippen molar-refractivity contribution in [2.24, 2.45) is 5.41 Å². The molecule has 3 nitrogen and oxygen atoms in total. The van der Waals surface area contributed by atoms with Crippen molar-refractivity contribution in [3.63, 3.8) is 0 Å². The lowest BCUT2D eigenvalue weighted by Gasteiger charge is -2.36. The van der Waals surface area contributed by atoms with E-state index in [1.165, 1.54) is 58.2 Å². The molecule has 2 aliphatic rings. The van der Waals surface area contributed by atoms with Crippen LogP contribution < -0.4 is 5.32 Å². The first-order valence-corrected chi connectivity index (χ1v) is 8.24. The summed E-state index contributed by atoms with van der Waals surface area (Å²) < 4.78 is 5.72. The lowest BCUT2D eigenvalue weighted by Crippen LogP contribution is -2.46. The van der Waals surface area contributed by atoms with Gasteiger partial charge in [-0.05, 0) is 32.4 Å². The Kier molecular flexibility index (Phi) is 6.11. The Morgan fingerprint density at radius 2 is 1.79 bits per heavy atom. The van der Waals surface area contributed by atoms with Gasteiger partial charge in [-0.3, -0.25) is 0 Å². The summed E-state index contributed by atoms with van der Waals surface area (Å²) in [6.07, 6.45) is 8.28. The van der Waals surface area contributed by atoms with Crippen LogP contribution in [0.25, 0.3) is 0 Å². The molecule has 3 heteroatoms. The highest BCUT2D eigenvalue weighted by atomic mass is 16.5. The van der Waals surface area contributed by atoms with Crippen molar-refractivity contribution >= 4 is 0 Å². The van der Waals surface area contributed by atoms with Gasteiger partial charge in [0.05, 0.1) is 6.61 Å². The van der Waals surface area contributed by atoms with Crippen molar-refractivity contribution in [2.75, 3.05) is 39.4 Å². The quantitative estimate of drug-likeness (QED) is 0.829. The molecule has 1 N–H and O–H groups in total. The van der Waals surface area contributed by atoms with Gasteiger partial charge in [-0.25, -0.2) is 0 Å². The standard InChI is InChI=1S/C16H32N2O/c1-15(2)17-12-16(8-11-19-14-16)13-18-9-6-4-3-5-7-10-18/h15,17H,3-14H2,1-2H3. The molecule has 2 heterocycles. The highest BCUT2D eigenvalue weighted by molar-refractivity contribution is 4.89. The minimum Gasteiger partial charge on any atom is -0.381 e. The maximum absolute atomic E-state index is 5.72. The molecule has 0 aromatic rings. The van der Waals surface area contributed by atoms with E-state index in [1.54, 1.807) is 0 Å². The maximum atomic E-state index is 5.72. The van der Waals surface area contributed by atoms with Crippen LogP contribution in [0, 0.1) is 5.41 Å². The summed E-state index contributed by atoms with van der Waals surface area (Å²) in [6, 6.07) is 0.574. The first-order valence-electron chi connectivity index (χ1n) is 8.24. The Morgan fingerprint density at radius 1 is 1.11 bits per heavy atom. The first-order chi connectivity index (χ1) is 9.20. The van der Waals surface area contributed by atoms with Crippen LogP contribution in [0.5, 0.6) is 0 Å². The molecule has 0 aliphatic carbocycles. The molecule has 0 radical (unpaired) electrons. The van der Waals surface area contributed by atoms with Crippen molar-refractivity contribution in [3.05, 3.63) is 0 Å². The van der Waals surface area contributed by atoms with Gasteiger partial charge in [0.2, 0.25) is 0 Å². The molecule has 2 rings (SSSR count). The van der Waals surface area contributed by atoms with Gasteiger partial charge >= 0.3 is 0 Å². The average molecular weight is 268 g/mol. The van der Waals surface area contributed by atoms with E-state index in [9.17, 15) is 0 Å². The molecule has 112 valence electrons. The minimum absolute atomic E-state index is 0.365. The second kappa shape index (κ2) is 7.61. The second-order valence-electron chi connectivity index (χ2n) is 6.88. The van der Waals surface area contributed by atoms with Crippen molar-refractivity contribution in [1.29, 1.82) is 0 Å². The Labute approximate surface area is 119 Å². The third-order valence-corrected chi connectivity index (χ3v) is 4.58. The third-order valence-electron chi connectivity index (χ3n) is 4.58. The number of rotatable bonds is 5. The van der Waals surface area contributed by atoms with Crippen molar-refractivity contribution in [2.45, 2.75) is 58.4 Å². The van der Waals surface area contributed by atoms with Crippen LogP contribution in [-0.4, -0.2) is 50.3 Å². The van der Waals surface area contributed by atoms with Gasteiger partial charge in [0, 0.05) is 31.2 Å². The summed E-state index contributed by atoms with van der Waals surface area (Å²) in [6.45, 7) is 11.3. The van der Waals surface area contributed by atoms with Gasteiger partial charge in [0.1, 0.15) is 0 Å². The van der Waals surface area contributed by atoms with E-state index in [1.807, 2.05) is 0 Å². The molecule has 0 aromatic heterocycles. The van der Waals surface area contributed by atoms with Gasteiger partial charge in [-0.15, -0.1) is 0 Å². The molecule has 1 atom stereocenters. The topological polar surface area (TPSA) is 24.5 Å². The monoisotopic (exact) mass is 268 g/mol. The van der Waals surface area contributed by atoms with E-state index < -0.39 is 0 Å². The molecule has 1 unspecified atom stereocenters. The highest BCUT2D eigenvalue weighted by Gasteiger charge is 2.36. The fraction of sp³-hybridized carbons (Fsp3) is 1.00. The summed E-state index contributed by atoms with van der Waals surface area (Å²) in [4.78, 5) is 2.70. The van der Waals surface area contributed by atoms with Crippen LogP contribution in [0.2, 0.25) is 0 Å². The maximum Gasteiger partial charge on any atom is 0.0547 e. The number of hydrogen-bond acceptors (Lipinski definition) is 3. The predicted octanol–water partition coefficient (Wildman–Crippen LogP) is 2.66. The predicted molar refractivity (Wildman–Crippen MR) is 80.5 cm³/mol. The molecule has 2 fully saturated rings. The Balaban J connectivity index is 1.87. The molecule has 0 amide bonds. The van der Waals surface area contributed by atoms with Gasteiger partial charge in [0.15, 0.2) is 0 Å². The molecule has 0 spiro atoms. The fourth-order valence-corrected chi connectivity index (χ4v) is 3.34. The minimum atomic E-state index is 0.365. The molecule has 19 heavy (non-hydrogen) atoms. The van der Waals surface area contributed by atoms with Crippen LogP contribution in [0.4, 0.5) is 0 Å². The smallest absolute Gasteiger partial charge is 0.0547 e. The van der Waals surface area contributed by atoms with E-state index in [-0.39, 0.29) is 0 Å². The Hall–Kier alpha value is -0.120. The molecular weight excluding hydrogens is 236 g/mol. The molecular formula is C16H32N2O. The van der Waals surface area contributed by atoms with Crippen molar-refractivity contribution in [3.8, 4) is 0 Å². The number of nitrogens with zero attached hydrogens (tertiary/aromatic N) is 1. The number of ether oxygens (including phenoxy) is 1. The van der Waals surface area contributed by atoms with Crippen molar-refractivity contribution < 1.29 is 4.74 Å². The van der Waals surface area contributed by atoms with E-state index in [0.717, 1.165) is 19.8 Å². The largest absolute Gasteiger partial charge is 0.381 e. The molecule has 0 aromatic carbocycles. The highest BCUT2D eigenvalue weighted by Crippen LogP contribution is 2.30. The van der Waals surface area contributed by atoms with Crippen LogP contribution in [-0.2, 0) is 4.74 Å². The fourth-order valence-electron chi connectivity index (χ4n) is 3.34. The number of hydrogen-bond donors (Lipinski definition) is 1. The summed E-state index contributed by atoms with van der Waals surface area (Å²) in [5.74, 6) is 0. The SMILES string of the molecule is CC(C)NCC1(CN2CCCCCCC2)CCOC1. The van der Waals surface area contributed by atoms with Gasteiger partial charge < -0.3 is 15.0 Å². The molecule has 2 saturated heterocycles. The third kappa shape index (κ3) is 5.05. The summed E-state index contributed by atoms with van der Waals surface area (Å²) >= 11 is 0. The van der Waals surface area contributed by atoms with Crippen LogP contribution in [0.3, 0.4) is 0 Å². The average Bonchev–Trinajstić information content (AvgIpc) is 2.79. The Morgan fingerprint density at radius 3 is 2.37 bits per heavy atom. The zero-order valence-corrected chi connectivity index (χ0v) is 12.9. The van der Waals surface area contributed by atoms with Crippen LogP contribution in [0.1, 0.15) is 52.4 Å². The van der Waals surface area contributed by atoms with Gasteiger partial charge in [-0.1, -0.05) is 33.1 Å². The van der Waals surface area contributed by atoms with Gasteiger partial charge in [0.25, 0.3) is 0 Å². The van der Waals surface area contributed by atoms with Gasteiger partial charge in [-0.2, -0.15) is 0 Å². The first kappa shape index (κ1) is 15.3. The lowest BCUT2D eigenvalue weighted by atomic mass is 9.86. The zero-order chi connectivity index (χ0) is 13.6. The molecule has 0 saturated carbocycles. The van der Waals surface area contributed by atoms with E-state index in [2.05, 4.69) is 24.1 Å². The zero-order valence-electron chi connectivity index (χ0n) is 12.9. The lowest BCUT2D eigenvalue weighted by molar-refractivity contribution is 0.102. The number of likely N-dealkylation sites (tertiary alicyclic amines) is 1. The summed E-state index contributed by atoms with van der Waals surface area (Å²) in [7, 11) is 0. The molecule has 2 aliphatic heterocycles. The Bertz CT molecular complexity index is 241.